The van der Waals surface area contributed by atoms with Gasteiger partial charge in [0.25, 0.3) is 0 Å². The van der Waals surface area contributed by atoms with Gasteiger partial charge in [0.05, 0.1) is 6.54 Å². The van der Waals surface area contributed by atoms with Crippen molar-refractivity contribution in [1.29, 1.82) is 0 Å². The molecule has 9 heteroatoms. The summed E-state index contributed by atoms with van der Waals surface area (Å²) >= 11 is 0. The average molecular weight is 485 g/mol. The first-order valence-electron chi connectivity index (χ1n) is 7.96. The van der Waals surface area contributed by atoms with Gasteiger partial charge >= 0.3 is 6.18 Å². The van der Waals surface area contributed by atoms with Crippen molar-refractivity contribution in [3.8, 4) is 0 Å². The molecule has 0 saturated heterocycles. The van der Waals surface area contributed by atoms with Gasteiger partial charge in [-0.25, -0.2) is 0 Å². The highest BCUT2D eigenvalue weighted by Crippen LogP contribution is 2.24. The number of aliphatic imine (C=N–C) groups is 1. The van der Waals surface area contributed by atoms with E-state index in [0.29, 0.717) is 25.5 Å². The second kappa shape index (κ2) is 10.6. The van der Waals surface area contributed by atoms with E-state index in [0.717, 1.165) is 22.3 Å². The van der Waals surface area contributed by atoms with Crippen molar-refractivity contribution in [2.45, 2.75) is 26.1 Å². The smallest absolute Gasteiger partial charge is 0.411 e. The Labute approximate surface area is 167 Å². The number of benzene rings is 1. The van der Waals surface area contributed by atoms with Crippen LogP contribution < -0.4 is 10.6 Å². The lowest BCUT2D eigenvalue weighted by Crippen LogP contribution is -2.37. The number of furan rings is 1. The summed E-state index contributed by atoms with van der Waals surface area (Å²) in [5.41, 5.74) is 1.90. The summed E-state index contributed by atoms with van der Waals surface area (Å²) in [6.45, 7) is 1.73. The molecule has 0 aliphatic heterocycles. The van der Waals surface area contributed by atoms with Crippen LogP contribution in [0.2, 0.25) is 0 Å². The Bertz CT molecular complexity index is 717. The first kappa shape index (κ1) is 22.6. The predicted molar refractivity (Wildman–Crippen MR) is 106 cm³/mol. The van der Waals surface area contributed by atoms with Crippen LogP contribution in [0.1, 0.15) is 17.7 Å². The number of aryl methyl sites for hydroxylation is 1. The largest absolute Gasteiger partial charge is 0.459 e. The highest BCUT2D eigenvalue weighted by atomic mass is 127. The third-order valence-electron chi connectivity index (χ3n) is 3.61. The van der Waals surface area contributed by atoms with Crippen LogP contribution in [0.5, 0.6) is 0 Å². The van der Waals surface area contributed by atoms with E-state index in [1.54, 1.807) is 7.05 Å². The topological polar surface area (TPSA) is 58.8 Å². The maximum absolute atomic E-state index is 11.9. The van der Waals surface area contributed by atoms with Crippen molar-refractivity contribution < 1.29 is 22.3 Å². The lowest BCUT2D eigenvalue weighted by Gasteiger charge is -2.12. The molecule has 26 heavy (non-hydrogen) atoms. The molecule has 2 aromatic rings. The molecule has 1 aromatic carbocycles. The molecule has 2 rings (SSSR count). The van der Waals surface area contributed by atoms with Crippen LogP contribution in [0.25, 0.3) is 11.0 Å². The number of nitrogens with zero attached hydrogens (tertiary/aromatic N) is 1. The second-order valence-corrected chi connectivity index (χ2v) is 5.52. The van der Waals surface area contributed by atoms with Crippen molar-refractivity contribution in [1.82, 2.24) is 10.6 Å². The van der Waals surface area contributed by atoms with Crippen LogP contribution in [0, 0.1) is 6.92 Å². The zero-order valence-electron chi connectivity index (χ0n) is 14.7. The lowest BCUT2D eigenvalue weighted by atomic mass is 10.1. The van der Waals surface area contributed by atoms with Gasteiger partial charge in [-0.1, -0.05) is 18.2 Å². The van der Waals surface area contributed by atoms with E-state index < -0.39 is 12.8 Å². The van der Waals surface area contributed by atoms with Crippen molar-refractivity contribution in [3.05, 3.63) is 35.6 Å². The second-order valence-electron chi connectivity index (χ2n) is 5.52. The Morgan fingerprint density at radius 1 is 1.23 bits per heavy atom. The van der Waals surface area contributed by atoms with Gasteiger partial charge in [0, 0.05) is 31.1 Å². The molecule has 1 aromatic heterocycles. The minimum absolute atomic E-state index is 0. The number of hydrogen-bond acceptors (Lipinski definition) is 3. The van der Waals surface area contributed by atoms with Gasteiger partial charge in [0.1, 0.15) is 18.0 Å². The summed E-state index contributed by atoms with van der Waals surface area (Å²) < 4.78 is 46.2. The molecule has 0 bridgehead atoms. The lowest BCUT2D eigenvalue weighted by molar-refractivity contribution is -0.173. The Hall–Kier alpha value is -1.49. The zero-order chi connectivity index (χ0) is 18.3. The fraction of sp³-hybridized carbons (Fsp3) is 0.471. The monoisotopic (exact) mass is 485 g/mol. The number of ether oxygens (including phenoxy) is 1. The van der Waals surface area contributed by atoms with E-state index in [1.165, 1.54) is 0 Å². The number of alkyl halides is 3. The summed E-state index contributed by atoms with van der Waals surface area (Å²) in [6, 6.07) is 7.80. The van der Waals surface area contributed by atoms with Gasteiger partial charge < -0.3 is 19.8 Å². The zero-order valence-corrected chi connectivity index (χ0v) is 17.0. The summed E-state index contributed by atoms with van der Waals surface area (Å²) in [7, 11) is 1.63. The van der Waals surface area contributed by atoms with Crippen molar-refractivity contribution in [2.24, 2.45) is 4.99 Å². The SMILES string of the molecule is CN=C(NCCCOCC(F)(F)F)NCc1oc2ccccc2c1C.I. The van der Waals surface area contributed by atoms with Gasteiger partial charge in [-0.15, -0.1) is 24.0 Å². The van der Waals surface area contributed by atoms with Crippen LogP contribution in [-0.4, -0.2) is 38.9 Å². The Morgan fingerprint density at radius 3 is 2.62 bits per heavy atom. The van der Waals surface area contributed by atoms with Gasteiger partial charge in [0.15, 0.2) is 5.96 Å². The quantitative estimate of drug-likeness (QED) is 0.270. The third-order valence-corrected chi connectivity index (χ3v) is 3.61. The number of rotatable bonds is 7. The van der Waals surface area contributed by atoms with E-state index in [2.05, 4.69) is 20.4 Å². The maximum Gasteiger partial charge on any atom is 0.411 e. The molecule has 146 valence electrons. The van der Waals surface area contributed by atoms with Crippen molar-refractivity contribution >= 4 is 40.9 Å². The van der Waals surface area contributed by atoms with E-state index >= 15 is 0 Å². The van der Waals surface area contributed by atoms with Crippen LogP contribution in [0.15, 0.2) is 33.7 Å². The maximum atomic E-state index is 11.9. The molecule has 0 atom stereocenters. The van der Waals surface area contributed by atoms with E-state index in [-0.39, 0.29) is 30.6 Å². The van der Waals surface area contributed by atoms with Gasteiger partial charge in [-0.3, -0.25) is 4.99 Å². The van der Waals surface area contributed by atoms with Crippen LogP contribution >= 0.6 is 24.0 Å². The Morgan fingerprint density at radius 2 is 1.96 bits per heavy atom. The molecular weight excluding hydrogens is 462 g/mol. The Kier molecular flexibility index (Phi) is 9.20. The first-order chi connectivity index (χ1) is 11.9. The van der Waals surface area contributed by atoms with E-state index in [1.807, 2.05) is 31.2 Å². The standard InChI is InChI=1S/C17H22F3N3O2.HI/c1-12-13-6-3-4-7-14(13)25-15(12)10-23-16(21-2)22-8-5-9-24-11-17(18,19)20;/h3-4,6-7H,5,8-11H2,1-2H3,(H2,21,22,23);1H. The number of guanidine groups is 1. The molecule has 1 heterocycles. The Balaban J connectivity index is 0.00000338. The third kappa shape index (κ3) is 7.02. The van der Waals surface area contributed by atoms with Gasteiger partial charge in [-0.2, -0.15) is 13.2 Å². The summed E-state index contributed by atoms with van der Waals surface area (Å²) in [4.78, 5) is 4.08. The van der Waals surface area contributed by atoms with Crippen LogP contribution in [0.4, 0.5) is 13.2 Å². The normalized spacial score (nSPS) is 12.1. The molecule has 0 radical (unpaired) electrons. The van der Waals surface area contributed by atoms with Crippen LogP contribution in [0.3, 0.4) is 0 Å². The highest BCUT2D eigenvalue weighted by molar-refractivity contribution is 14.0. The van der Waals surface area contributed by atoms with Crippen molar-refractivity contribution in [2.75, 3.05) is 26.8 Å². The summed E-state index contributed by atoms with van der Waals surface area (Å²) in [6.07, 6.45) is -3.84. The number of halogens is 4. The summed E-state index contributed by atoms with van der Waals surface area (Å²) in [5, 5.41) is 7.23. The number of hydrogen-bond donors (Lipinski definition) is 2. The molecule has 0 aliphatic carbocycles. The molecule has 0 unspecified atom stereocenters. The molecule has 0 spiro atoms. The van der Waals surface area contributed by atoms with E-state index in [4.69, 9.17) is 4.42 Å². The van der Waals surface area contributed by atoms with E-state index in [9.17, 15) is 13.2 Å². The number of nitrogens with one attached hydrogen (secondary N) is 2. The van der Waals surface area contributed by atoms with Gasteiger partial charge in [0.2, 0.25) is 0 Å². The average Bonchev–Trinajstić information content (AvgIpc) is 2.89. The highest BCUT2D eigenvalue weighted by Gasteiger charge is 2.27. The molecule has 0 aliphatic rings. The summed E-state index contributed by atoms with van der Waals surface area (Å²) in [5.74, 6) is 1.37. The first-order valence-corrected chi connectivity index (χ1v) is 7.96. The molecular formula is C17H23F3IN3O2. The predicted octanol–water partition coefficient (Wildman–Crippen LogP) is 3.99. The van der Waals surface area contributed by atoms with Crippen LogP contribution in [-0.2, 0) is 11.3 Å². The number of fused-ring (bicyclic) bond motifs is 1. The fourth-order valence-electron chi connectivity index (χ4n) is 2.35. The minimum Gasteiger partial charge on any atom is -0.459 e. The molecule has 0 fully saturated rings. The fourth-order valence-corrected chi connectivity index (χ4v) is 2.35. The molecule has 2 N–H and O–H groups in total. The molecule has 5 nitrogen and oxygen atoms in total. The van der Waals surface area contributed by atoms with Crippen molar-refractivity contribution in [3.63, 3.8) is 0 Å². The molecule has 0 amide bonds. The van der Waals surface area contributed by atoms with Gasteiger partial charge in [-0.05, 0) is 19.4 Å². The number of para-hydroxylation sites is 1. The minimum atomic E-state index is -4.28. The molecule has 0 saturated carbocycles.